The molecule has 0 bridgehead atoms. The first-order valence-corrected chi connectivity index (χ1v) is 2.56. The number of amides is 1. The van der Waals surface area contributed by atoms with Crippen molar-refractivity contribution in [2.24, 2.45) is 0 Å². The standard InChI is InChI=1S/C3H6N2OS/c1-5-3(6)7-2-4/h2,4H,1H3,(H,5,6). The van der Waals surface area contributed by atoms with Crippen molar-refractivity contribution in [3.05, 3.63) is 0 Å². The summed E-state index contributed by atoms with van der Waals surface area (Å²) in [4.78, 5) is 10.1. The Hall–Kier alpha value is -0.510. The van der Waals surface area contributed by atoms with E-state index in [-0.39, 0.29) is 5.24 Å². The van der Waals surface area contributed by atoms with Crippen molar-refractivity contribution in [2.45, 2.75) is 0 Å². The minimum absolute atomic E-state index is 0.199. The quantitative estimate of drug-likeness (QED) is 0.392. The van der Waals surface area contributed by atoms with E-state index in [4.69, 9.17) is 5.41 Å². The zero-order chi connectivity index (χ0) is 5.70. The number of carbonyl (C=O) groups is 1. The fraction of sp³-hybridized carbons (Fsp3) is 0.333. The maximum atomic E-state index is 10.1. The van der Waals surface area contributed by atoms with Crippen LogP contribution in [0.2, 0.25) is 0 Å². The van der Waals surface area contributed by atoms with Gasteiger partial charge in [-0.2, -0.15) is 0 Å². The second-order valence-electron chi connectivity index (χ2n) is 0.773. The molecule has 0 unspecified atom stereocenters. The summed E-state index contributed by atoms with van der Waals surface area (Å²) in [7, 11) is 1.53. The van der Waals surface area contributed by atoms with E-state index >= 15 is 0 Å². The van der Waals surface area contributed by atoms with E-state index in [1.807, 2.05) is 0 Å². The Labute approximate surface area is 46.0 Å². The lowest BCUT2D eigenvalue weighted by atomic mass is 11.2. The van der Waals surface area contributed by atoms with Gasteiger partial charge < -0.3 is 10.7 Å². The first-order chi connectivity index (χ1) is 3.31. The van der Waals surface area contributed by atoms with Gasteiger partial charge in [-0.05, 0) is 11.8 Å². The molecule has 2 N–H and O–H groups in total. The molecule has 7 heavy (non-hydrogen) atoms. The van der Waals surface area contributed by atoms with Gasteiger partial charge in [0, 0.05) is 7.05 Å². The number of rotatable bonds is 1. The van der Waals surface area contributed by atoms with Crippen molar-refractivity contribution in [1.29, 1.82) is 5.41 Å². The molecule has 0 aliphatic rings. The third kappa shape index (κ3) is 3.32. The Morgan fingerprint density at radius 2 is 2.57 bits per heavy atom. The third-order valence-electron chi connectivity index (χ3n) is 0.370. The van der Waals surface area contributed by atoms with Gasteiger partial charge in [0.15, 0.2) is 0 Å². The van der Waals surface area contributed by atoms with Gasteiger partial charge in [0.1, 0.15) is 0 Å². The van der Waals surface area contributed by atoms with Crippen LogP contribution in [0.3, 0.4) is 0 Å². The summed E-state index contributed by atoms with van der Waals surface area (Å²) >= 11 is 0.823. The van der Waals surface area contributed by atoms with Crippen molar-refractivity contribution in [3.63, 3.8) is 0 Å². The van der Waals surface area contributed by atoms with Crippen molar-refractivity contribution in [3.8, 4) is 0 Å². The zero-order valence-corrected chi connectivity index (χ0v) is 4.71. The van der Waals surface area contributed by atoms with Gasteiger partial charge in [-0.3, -0.25) is 4.79 Å². The summed E-state index contributed by atoms with van der Waals surface area (Å²) in [6.07, 6.45) is 0. The number of hydrogen-bond acceptors (Lipinski definition) is 3. The molecule has 0 aliphatic heterocycles. The SMILES string of the molecule is CNC(=O)SC=N. The topological polar surface area (TPSA) is 53.0 Å². The molecule has 0 aromatic carbocycles. The van der Waals surface area contributed by atoms with Crippen LogP contribution in [0.15, 0.2) is 0 Å². The third-order valence-corrected chi connectivity index (χ3v) is 0.906. The van der Waals surface area contributed by atoms with Gasteiger partial charge in [0.05, 0.1) is 5.55 Å². The molecule has 0 saturated heterocycles. The summed E-state index contributed by atoms with van der Waals surface area (Å²) in [6.45, 7) is 0. The van der Waals surface area contributed by atoms with Crippen LogP contribution in [0.25, 0.3) is 0 Å². The predicted octanol–water partition coefficient (Wildman–Crippen LogP) is 0.666. The van der Waals surface area contributed by atoms with Gasteiger partial charge >= 0.3 is 0 Å². The predicted molar refractivity (Wildman–Crippen MR) is 30.8 cm³/mol. The summed E-state index contributed by atoms with van der Waals surface area (Å²) in [6, 6.07) is 0. The Balaban J connectivity index is 3.17. The minimum atomic E-state index is -0.199. The van der Waals surface area contributed by atoms with Crippen LogP contribution in [0.5, 0.6) is 0 Å². The molecule has 0 heterocycles. The molecule has 4 heteroatoms. The van der Waals surface area contributed by atoms with E-state index in [0.29, 0.717) is 0 Å². The fourth-order valence-corrected chi connectivity index (χ4v) is 0.337. The Morgan fingerprint density at radius 1 is 2.00 bits per heavy atom. The van der Waals surface area contributed by atoms with Gasteiger partial charge in [-0.15, -0.1) is 0 Å². The van der Waals surface area contributed by atoms with E-state index in [0.717, 1.165) is 17.3 Å². The lowest BCUT2D eigenvalue weighted by Crippen LogP contribution is -2.10. The van der Waals surface area contributed by atoms with E-state index < -0.39 is 0 Å². The molecule has 0 spiro atoms. The van der Waals surface area contributed by atoms with E-state index in [9.17, 15) is 4.79 Å². The van der Waals surface area contributed by atoms with Crippen molar-refractivity contribution >= 4 is 22.5 Å². The Bertz CT molecular complexity index is 83.0. The molecule has 0 aliphatic carbocycles. The Kier molecular flexibility index (Phi) is 3.40. The average molecular weight is 118 g/mol. The molecule has 0 saturated carbocycles. The lowest BCUT2D eigenvalue weighted by Gasteiger charge is -1.86. The second kappa shape index (κ2) is 3.67. The molecule has 0 fully saturated rings. The summed E-state index contributed by atoms with van der Waals surface area (Å²) < 4.78 is 0. The van der Waals surface area contributed by atoms with Crippen LogP contribution in [-0.4, -0.2) is 17.8 Å². The summed E-state index contributed by atoms with van der Waals surface area (Å²) in [5.41, 5.74) is 0.985. The normalized spacial score (nSPS) is 7.57. The lowest BCUT2D eigenvalue weighted by molar-refractivity contribution is 0.262. The zero-order valence-electron chi connectivity index (χ0n) is 3.89. The molecule has 0 aromatic heterocycles. The molecule has 0 rings (SSSR count). The van der Waals surface area contributed by atoms with Crippen molar-refractivity contribution in [2.75, 3.05) is 7.05 Å². The van der Waals surface area contributed by atoms with Gasteiger partial charge in [0.2, 0.25) is 0 Å². The average Bonchev–Trinajstić information content (AvgIpc) is 1.68. The number of hydrogen-bond donors (Lipinski definition) is 2. The first-order valence-electron chi connectivity index (χ1n) is 1.68. The molecule has 40 valence electrons. The van der Waals surface area contributed by atoms with Gasteiger partial charge in [0.25, 0.3) is 5.24 Å². The van der Waals surface area contributed by atoms with Crippen LogP contribution < -0.4 is 5.32 Å². The smallest absolute Gasteiger partial charge is 0.284 e. The van der Waals surface area contributed by atoms with Crippen LogP contribution >= 0.6 is 11.8 Å². The minimum Gasteiger partial charge on any atom is -0.350 e. The van der Waals surface area contributed by atoms with E-state index in [1.54, 1.807) is 0 Å². The van der Waals surface area contributed by atoms with Gasteiger partial charge in [-0.1, -0.05) is 0 Å². The van der Waals surface area contributed by atoms with Crippen molar-refractivity contribution in [1.82, 2.24) is 5.32 Å². The largest absolute Gasteiger partial charge is 0.350 e. The van der Waals surface area contributed by atoms with Crippen LogP contribution in [0.4, 0.5) is 4.79 Å². The fourth-order valence-electron chi connectivity index (χ4n) is 0.112. The highest BCUT2D eigenvalue weighted by Gasteiger charge is 1.89. The number of carbonyl (C=O) groups excluding carboxylic acids is 1. The second-order valence-corrected chi connectivity index (χ2v) is 1.62. The van der Waals surface area contributed by atoms with Gasteiger partial charge in [-0.25, -0.2) is 0 Å². The molecule has 1 amide bonds. The maximum absolute atomic E-state index is 10.1. The maximum Gasteiger partial charge on any atom is 0.284 e. The van der Waals surface area contributed by atoms with E-state index in [1.165, 1.54) is 7.05 Å². The molecule has 0 radical (unpaired) electrons. The summed E-state index contributed by atoms with van der Waals surface area (Å²) in [5, 5.41) is 8.55. The Morgan fingerprint density at radius 3 is 2.71 bits per heavy atom. The van der Waals surface area contributed by atoms with E-state index in [2.05, 4.69) is 5.32 Å². The van der Waals surface area contributed by atoms with Crippen LogP contribution in [-0.2, 0) is 0 Å². The van der Waals surface area contributed by atoms with Crippen LogP contribution in [0, 0.1) is 5.41 Å². The number of thioether (sulfide) groups is 1. The summed E-state index contributed by atoms with van der Waals surface area (Å²) in [5.74, 6) is 0. The number of nitrogens with one attached hydrogen (secondary N) is 2. The van der Waals surface area contributed by atoms with Crippen molar-refractivity contribution < 1.29 is 4.79 Å². The highest BCUT2D eigenvalue weighted by Crippen LogP contribution is 1.91. The van der Waals surface area contributed by atoms with Crippen LogP contribution in [0.1, 0.15) is 0 Å². The molecular weight excluding hydrogens is 112 g/mol. The molecule has 0 aromatic rings. The molecular formula is C3H6N2OS. The monoisotopic (exact) mass is 118 g/mol. The molecule has 3 nitrogen and oxygen atoms in total. The molecule has 0 atom stereocenters. The highest BCUT2D eigenvalue weighted by atomic mass is 32.2. The highest BCUT2D eigenvalue weighted by molar-refractivity contribution is 8.24. The first kappa shape index (κ1) is 6.49.